The largest absolute Gasteiger partial charge is 0.463 e. The zero-order valence-corrected chi connectivity index (χ0v) is 21.0. The lowest BCUT2D eigenvalue weighted by molar-refractivity contribution is 0.0741. The lowest BCUT2D eigenvalue weighted by Gasteiger charge is -2.29. The van der Waals surface area contributed by atoms with Crippen molar-refractivity contribution in [1.82, 2.24) is 20.3 Å². The van der Waals surface area contributed by atoms with Gasteiger partial charge in [-0.05, 0) is 37.1 Å². The van der Waals surface area contributed by atoms with Crippen LogP contribution in [-0.2, 0) is 0 Å². The predicted molar refractivity (Wildman–Crippen MR) is 140 cm³/mol. The highest BCUT2D eigenvalue weighted by Gasteiger charge is 2.36. The Kier molecular flexibility index (Phi) is 6.67. The van der Waals surface area contributed by atoms with E-state index in [9.17, 15) is 5.11 Å². The third kappa shape index (κ3) is 4.63. The summed E-state index contributed by atoms with van der Waals surface area (Å²) in [5, 5.41) is 25.2. The van der Waals surface area contributed by atoms with Crippen LogP contribution in [0.15, 0.2) is 42.6 Å². The Bertz CT molecular complexity index is 1450. The van der Waals surface area contributed by atoms with E-state index in [0.717, 1.165) is 42.1 Å². The summed E-state index contributed by atoms with van der Waals surface area (Å²) in [6.07, 6.45) is 5.06. The quantitative estimate of drug-likeness (QED) is 0.322. The zero-order valence-electron chi connectivity index (χ0n) is 20.2. The van der Waals surface area contributed by atoms with E-state index in [-0.39, 0.29) is 42.8 Å². The van der Waals surface area contributed by atoms with Crippen LogP contribution in [0.4, 0.5) is 4.39 Å². The number of halogens is 2. The number of hydrogen-bond donors (Lipinski definition) is 3. The minimum atomic E-state index is -0.899. The van der Waals surface area contributed by atoms with Gasteiger partial charge in [-0.3, -0.25) is 4.98 Å². The number of aromatic nitrogens is 3. The van der Waals surface area contributed by atoms with E-state index >= 15 is 4.39 Å². The van der Waals surface area contributed by atoms with Crippen molar-refractivity contribution in [2.45, 2.75) is 56.2 Å². The highest BCUT2D eigenvalue weighted by Crippen LogP contribution is 2.41. The highest BCUT2D eigenvalue weighted by molar-refractivity contribution is 6.36. The minimum Gasteiger partial charge on any atom is -0.463 e. The molecule has 0 aliphatic carbocycles. The second-order valence-corrected chi connectivity index (χ2v) is 10.4. The predicted octanol–water partition coefficient (Wildman–Crippen LogP) is 4.76. The molecule has 0 radical (unpaired) electrons. The van der Waals surface area contributed by atoms with Gasteiger partial charge in [0.2, 0.25) is 0 Å². The number of piperidine rings is 1. The Balaban J connectivity index is 1.48. The van der Waals surface area contributed by atoms with E-state index in [1.54, 1.807) is 12.3 Å². The highest BCUT2D eigenvalue weighted by atomic mass is 35.5. The van der Waals surface area contributed by atoms with Gasteiger partial charge in [0, 0.05) is 52.0 Å². The van der Waals surface area contributed by atoms with Crippen LogP contribution in [0.5, 0.6) is 6.01 Å². The summed E-state index contributed by atoms with van der Waals surface area (Å²) >= 11 is 6.52. The first kappa shape index (κ1) is 24.4. The molecule has 37 heavy (non-hydrogen) atoms. The summed E-state index contributed by atoms with van der Waals surface area (Å²) in [6.45, 7) is -0.259. The molecule has 3 N–H and O–H groups in total. The summed E-state index contributed by atoms with van der Waals surface area (Å²) in [5.41, 5.74) is 1.66. The average molecular weight is 523 g/mol. The molecular formula is C28H28ClFN4O3. The Morgan fingerprint density at radius 1 is 1.11 bits per heavy atom. The van der Waals surface area contributed by atoms with Gasteiger partial charge in [-0.25, -0.2) is 4.39 Å². The Morgan fingerprint density at radius 3 is 2.62 bits per heavy atom. The normalized spacial score (nSPS) is 22.0. The van der Waals surface area contributed by atoms with Crippen molar-refractivity contribution in [3.8, 4) is 17.3 Å². The van der Waals surface area contributed by atoms with Gasteiger partial charge >= 0.3 is 6.01 Å². The number of hydrogen-bond acceptors (Lipinski definition) is 7. The van der Waals surface area contributed by atoms with Crippen molar-refractivity contribution in [3.63, 3.8) is 0 Å². The van der Waals surface area contributed by atoms with Crippen molar-refractivity contribution < 1.29 is 19.3 Å². The van der Waals surface area contributed by atoms with Crippen LogP contribution in [0.25, 0.3) is 32.9 Å². The van der Waals surface area contributed by atoms with Crippen LogP contribution in [0.2, 0.25) is 5.02 Å². The second-order valence-electron chi connectivity index (χ2n) is 10.00. The molecule has 0 saturated carbocycles. The number of nitrogens with one attached hydrogen (secondary N) is 1. The second kappa shape index (κ2) is 10.1. The molecule has 4 aromatic rings. The molecule has 9 heteroatoms. The molecule has 7 nitrogen and oxygen atoms in total. The van der Waals surface area contributed by atoms with Crippen LogP contribution in [0, 0.1) is 5.82 Å². The topological polar surface area (TPSA) is 100 Å². The maximum absolute atomic E-state index is 16.3. The van der Waals surface area contributed by atoms with Crippen LogP contribution in [-0.4, -0.2) is 56.6 Å². The number of nitrogens with zero attached hydrogens (tertiary/aromatic N) is 3. The monoisotopic (exact) mass is 522 g/mol. The van der Waals surface area contributed by atoms with Crippen molar-refractivity contribution in [2.24, 2.45) is 0 Å². The summed E-state index contributed by atoms with van der Waals surface area (Å²) in [4.78, 5) is 13.7. The minimum absolute atomic E-state index is 0.0607. The molecule has 2 aromatic heterocycles. The summed E-state index contributed by atoms with van der Waals surface area (Å²) < 4.78 is 22.0. The lowest BCUT2D eigenvalue weighted by Crippen LogP contribution is -2.37. The summed E-state index contributed by atoms with van der Waals surface area (Å²) in [6, 6.07) is 12.1. The number of aliphatic hydroxyl groups excluding tert-OH is 2. The molecule has 2 fully saturated rings. The van der Waals surface area contributed by atoms with Crippen LogP contribution in [0.3, 0.4) is 0 Å². The molecule has 3 unspecified atom stereocenters. The number of aliphatic hydroxyl groups is 2. The average Bonchev–Trinajstić information content (AvgIpc) is 3.25. The Morgan fingerprint density at radius 2 is 1.86 bits per heavy atom. The standard InChI is InChI=1S/C28H28ClFN4O3/c29-22-6-2-4-15-3-1-5-20(23(15)22)26-24(30)27-21(13-31-26)25(16-11-17-7-8-18(12-16)32-17)33-28(34-27)37-10-9-19(36)14-35/h1-6,13,16-19,32,35-36H,7-12,14H2. The molecule has 2 aliphatic heterocycles. The number of pyridine rings is 1. The molecule has 3 atom stereocenters. The van der Waals surface area contributed by atoms with Gasteiger partial charge < -0.3 is 20.3 Å². The molecule has 2 saturated heterocycles. The van der Waals surface area contributed by atoms with Gasteiger partial charge in [-0.1, -0.05) is 41.9 Å². The van der Waals surface area contributed by atoms with Crippen LogP contribution >= 0.6 is 11.6 Å². The molecule has 2 aromatic carbocycles. The molecule has 192 valence electrons. The van der Waals surface area contributed by atoms with Crippen LogP contribution in [0.1, 0.15) is 43.7 Å². The molecule has 6 rings (SSSR count). The first-order chi connectivity index (χ1) is 18.0. The van der Waals surface area contributed by atoms with E-state index in [0.29, 0.717) is 28.1 Å². The lowest BCUT2D eigenvalue weighted by atomic mass is 9.88. The molecule has 0 amide bonds. The van der Waals surface area contributed by atoms with Gasteiger partial charge in [-0.15, -0.1) is 0 Å². The fraction of sp³-hybridized carbons (Fsp3) is 0.393. The number of fused-ring (bicyclic) bond motifs is 4. The number of ether oxygens (including phenoxy) is 1. The van der Waals surface area contributed by atoms with E-state index < -0.39 is 11.9 Å². The molecule has 2 bridgehead atoms. The number of benzene rings is 2. The van der Waals surface area contributed by atoms with Crippen molar-refractivity contribution in [3.05, 3.63) is 59.1 Å². The Labute approximate surface area is 218 Å². The molecule has 0 spiro atoms. The molecule has 2 aliphatic rings. The smallest absolute Gasteiger partial charge is 0.317 e. The van der Waals surface area contributed by atoms with Crippen molar-refractivity contribution >= 4 is 33.3 Å². The zero-order chi connectivity index (χ0) is 25.5. The maximum Gasteiger partial charge on any atom is 0.317 e. The van der Waals surface area contributed by atoms with E-state index in [4.69, 9.17) is 26.4 Å². The van der Waals surface area contributed by atoms with Crippen LogP contribution < -0.4 is 10.1 Å². The summed E-state index contributed by atoms with van der Waals surface area (Å²) in [7, 11) is 0. The molecule has 4 heterocycles. The van der Waals surface area contributed by atoms with Gasteiger partial charge in [0.05, 0.1) is 25.0 Å². The fourth-order valence-corrected chi connectivity index (χ4v) is 6.06. The summed E-state index contributed by atoms with van der Waals surface area (Å²) in [5.74, 6) is -0.417. The number of rotatable bonds is 7. The van der Waals surface area contributed by atoms with E-state index in [1.165, 1.54) is 0 Å². The van der Waals surface area contributed by atoms with Crippen molar-refractivity contribution in [2.75, 3.05) is 13.2 Å². The van der Waals surface area contributed by atoms with Gasteiger partial charge in [-0.2, -0.15) is 9.97 Å². The first-order valence-electron chi connectivity index (χ1n) is 12.7. The van der Waals surface area contributed by atoms with Crippen molar-refractivity contribution in [1.29, 1.82) is 0 Å². The van der Waals surface area contributed by atoms with Gasteiger partial charge in [0.1, 0.15) is 11.2 Å². The maximum atomic E-state index is 16.3. The van der Waals surface area contributed by atoms with Gasteiger partial charge in [0.25, 0.3) is 0 Å². The fourth-order valence-electron chi connectivity index (χ4n) is 5.77. The SMILES string of the molecule is OCC(O)CCOc1nc(C2CC3CCC(C2)N3)c2cnc(-c3cccc4cccc(Cl)c34)c(F)c2n1. The first-order valence-corrected chi connectivity index (χ1v) is 13.1. The molecular weight excluding hydrogens is 495 g/mol. The third-order valence-corrected chi connectivity index (χ3v) is 7.87. The van der Waals surface area contributed by atoms with E-state index in [1.807, 2.05) is 30.3 Å². The Hall–Kier alpha value is -2.91. The van der Waals surface area contributed by atoms with E-state index in [2.05, 4.69) is 15.3 Å². The van der Waals surface area contributed by atoms with Gasteiger partial charge in [0.15, 0.2) is 5.82 Å². The third-order valence-electron chi connectivity index (χ3n) is 7.55.